The second-order valence-electron chi connectivity index (χ2n) is 4.37. The van der Waals surface area contributed by atoms with Gasteiger partial charge >= 0.3 is 5.97 Å². The summed E-state index contributed by atoms with van der Waals surface area (Å²) < 4.78 is 31.7. The first-order valence-corrected chi connectivity index (χ1v) is 8.54. The third kappa shape index (κ3) is 3.69. The number of carbonyl (C=O) groups is 1. The highest BCUT2D eigenvalue weighted by molar-refractivity contribution is 7.89. The number of hydrogen-bond donors (Lipinski definition) is 1. The smallest absolute Gasteiger partial charge is 0.337 e. The number of thiophene rings is 1. The zero-order valence-electron chi connectivity index (χ0n) is 11.6. The molecule has 0 radical (unpaired) electrons. The Morgan fingerprint density at radius 3 is 2.43 bits per heavy atom. The highest BCUT2D eigenvalue weighted by atomic mass is 32.2. The van der Waals surface area contributed by atoms with Gasteiger partial charge < -0.3 is 4.74 Å². The minimum Gasteiger partial charge on any atom is -0.465 e. The zero-order chi connectivity index (χ0) is 15.5. The van der Waals surface area contributed by atoms with Gasteiger partial charge in [-0.25, -0.2) is 17.9 Å². The summed E-state index contributed by atoms with van der Waals surface area (Å²) >= 11 is 1.49. The predicted molar refractivity (Wildman–Crippen MR) is 80.8 cm³/mol. The molecule has 0 aliphatic rings. The van der Waals surface area contributed by atoms with Gasteiger partial charge in [0.05, 0.1) is 23.6 Å². The highest BCUT2D eigenvalue weighted by Crippen LogP contribution is 2.21. The number of esters is 1. The number of hydrogen-bond acceptors (Lipinski definition) is 5. The number of nitrogens with one attached hydrogen (secondary N) is 1. The van der Waals surface area contributed by atoms with E-state index in [4.69, 9.17) is 0 Å². The van der Waals surface area contributed by atoms with Crippen LogP contribution in [0.1, 0.15) is 28.2 Å². The third-order valence-corrected chi connectivity index (χ3v) is 5.50. The summed E-state index contributed by atoms with van der Waals surface area (Å²) in [6.07, 6.45) is 0. The van der Waals surface area contributed by atoms with E-state index < -0.39 is 16.0 Å². The van der Waals surface area contributed by atoms with E-state index in [0.29, 0.717) is 5.56 Å². The number of methoxy groups -OCH3 is 1. The topological polar surface area (TPSA) is 72.5 Å². The van der Waals surface area contributed by atoms with Crippen LogP contribution in [0.2, 0.25) is 0 Å². The Morgan fingerprint density at radius 2 is 1.90 bits per heavy atom. The van der Waals surface area contributed by atoms with Gasteiger partial charge in [-0.05, 0) is 42.6 Å². The standard InChI is InChI=1S/C14H15NO4S2/c1-10(13-4-3-9-20-13)15-21(17,18)12-7-5-11(6-8-12)14(16)19-2/h3-10,15H,1-2H3/t10-/m1/s1. The van der Waals surface area contributed by atoms with Crippen molar-refractivity contribution in [1.29, 1.82) is 0 Å². The molecule has 0 aliphatic heterocycles. The Kier molecular flexibility index (Phi) is 4.76. The average molecular weight is 325 g/mol. The number of carbonyl (C=O) groups excluding carboxylic acids is 1. The van der Waals surface area contributed by atoms with Gasteiger partial charge in [0.1, 0.15) is 0 Å². The molecule has 2 aromatic rings. The summed E-state index contributed by atoms with van der Waals surface area (Å²) in [7, 11) is -2.36. The fraction of sp³-hybridized carbons (Fsp3) is 0.214. The van der Waals surface area contributed by atoms with Crippen molar-refractivity contribution in [1.82, 2.24) is 4.72 Å². The maximum absolute atomic E-state index is 12.3. The summed E-state index contributed by atoms with van der Waals surface area (Å²) in [5.41, 5.74) is 0.308. The van der Waals surface area contributed by atoms with Crippen LogP contribution >= 0.6 is 11.3 Å². The van der Waals surface area contributed by atoms with Gasteiger partial charge in [-0.3, -0.25) is 0 Å². The van der Waals surface area contributed by atoms with Crippen molar-refractivity contribution >= 4 is 27.3 Å². The van der Waals surface area contributed by atoms with Crippen LogP contribution in [0.25, 0.3) is 0 Å². The number of rotatable bonds is 5. The maximum Gasteiger partial charge on any atom is 0.337 e. The van der Waals surface area contributed by atoms with Crippen molar-refractivity contribution in [2.45, 2.75) is 17.9 Å². The second-order valence-corrected chi connectivity index (χ2v) is 7.07. The van der Waals surface area contributed by atoms with Crippen molar-refractivity contribution in [2.75, 3.05) is 7.11 Å². The van der Waals surface area contributed by atoms with E-state index in [1.165, 1.54) is 42.7 Å². The summed E-state index contributed by atoms with van der Waals surface area (Å²) in [5.74, 6) is -0.501. The molecule has 0 saturated heterocycles. The molecule has 112 valence electrons. The van der Waals surface area contributed by atoms with Crippen LogP contribution in [-0.4, -0.2) is 21.5 Å². The Bertz CT molecular complexity index is 706. The second kappa shape index (κ2) is 6.38. The van der Waals surface area contributed by atoms with E-state index >= 15 is 0 Å². The molecule has 5 nitrogen and oxygen atoms in total. The molecule has 2 rings (SSSR count). The van der Waals surface area contributed by atoms with Gasteiger partial charge in [0, 0.05) is 4.88 Å². The summed E-state index contributed by atoms with van der Waals surface area (Å²) in [6, 6.07) is 9.06. The highest BCUT2D eigenvalue weighted by Gasteiger charge is 2.19. The monoisotopic (exact) mass is 325 g/mol. The minimum atomic E-state index is -3.63. The molecule has 0 fully saturated rings. The van der Waals surface area contributed by atoms with E-state index in [9.17, 15) is 13.2 Å². The number of benzene rings is 1. The molecule has 0 unspecified atom stereocenters. The van der Waals surface area contributed by atoms with Gasteiger partial charge in [-0.1, -0.05) is 6.07 Å². The molecule has 1 atom stereocenters. The lowest BCUT2D eigenvalue weighted by Crippen LogP contribution is -2.26. The van der Waals surface area contributed by atoms with Crippen molar-refractivity contribution < 1.29 is 17.9 Å². The Hall–Kier alpha value is -1.70. The predicted octanol–water partition coefficient (Wildman–Crippen LogP) is 2.57. The van der Waals surface area contributed by atoms with E-state index in [0.717, 1.165) is 4.88 Å². The fourth-order valence-corrected chi connectivity index (χ4v) is 3.82. The van der Waals surface area contributed by atoms with Crippen LogP contribution in [0.5, 0.6) is 0 Å². The zero-order valence-corrected chi connectivity index (χ0v) is 13.2. The molecule has 0 saturated carbocycles. The molecule has 0 bridgehead atoms. The van der Waals surface area contributed by atoms with Crippen LogP contribution in [0.3, 0.4) is 0 Å². The van der Waals surface area contributed by atoms with Crippen LogP contribution in [0, 0.1) is 0 Å². The Balaban J connectivity index is 2.18. The molecule has 0 aliphatic carbocycles. The number of sulfonamides is 1. The molecule has 0 spiro atoms. The van der Waals surface area contributed by atoms with Crippen molar-refractivity contribution in [2.24, 2.45) is 0 Å². The lowest BCUT2D eigenvalue weighted by molar-refractivity contribution is 0.0600. The molecule has 21 heavy (non-hydrogen) atoms. The van der Waals surface area contributed by atoms with E-state index in [-0.39, 0.29) is 10.9 Å². The summed E-state index contributed by atoms with van der Waals surface area (Å²) in [5, 5.41) is 1.89. The molecule has 7 heteroatoms. The van der Waals surface area contributed by atoms with Crippen LogP contribution in [0.15, 0.2) is 46.7 Å². The molecule has 0 amide bonds. The van der Waals surface area contributed by atoms with E-state index in [1.807, 2.05) is 17.5 Å². The van der Waals surface area contributed by atoms with E-state index in [2.05, 4.69) is 9.46 Å². The molecule has 1 heterocycles. The molecular formula is C14H15NO4S2. The Labute approximate surface area is 127 Å². The normalized spacial score (nSPS) is 12.9. The maximum atomic E-state index is 12.3. The first-order valence-electron chi connectivity index (χ1n) is 6.18. The molecular weight excluding hydrogens is 310 g/mol. The SMILES string of the molecule is COC(=O)c1ccc(S(=O)(=O)N[C@H](C)c2cccs2)cc1. The van der Waals surface area contributed by atoms with Gasteiger partial charge in [-0.2, -0.15) is 0 Å². The quantitative estimate of drug-likeness (QED) is 0.858. The summed E-state index contributed by atoms with van der Waals surface area (Å²) in [4.78, 5) is 12.4. The average Bonchev–Trinajstić information content (AvgIpc) is 3.00. The molecule has 1 aromatic heterocycles. The first kappa shape index (κ1) is 15.7. The largest absolute Gasteiger partial charge is 0.465 e. The van der Waals surface area contributed by atoms with Crippen molar-refractivity contribution in [3.8, 4) is 0 Å². The van der Waals surface area contributed by atoms with Gasteiger partial charge in [0.2, 0.25) is 10.0 Å². The van der Waals surface area contributed by atoms with Crippen LogP contribution in [0.4, 0.5) is 0 Å². The lowest BCUT2D eigenvalue weighted by Gasteiger charge is -2.13. The summed E-state index contributed by atoms with van der Waals surface area (Å²) in [6.45, 7) is 1.78. The van der Waals surface area contributed by atoms with Crippen LogP contribution < -0.4 is 4.72 Å². The molecule has 1 N–H and O–H groups in total. The first-order chi connectivity index (χ1) is 9.94. The van der Waals surface area contributed by atoms with Crippen molar-refractivity contribution in [3.05, 3.63) is 52.2 Å². The Morgan fingerprint density at radius 1 is 1.24 bits per heavy atom. The third-order valence-electron chi connectivity index (χ3n) is 2.89. The van der Waals surface area contributed by atoms with Gasteiger partial charge in [-0.15, -0.1) is 11.3 Å². The lowest BCUT2D eigenvalue weighted by atomic mass is 10.2. The fourth-order valence-electron chi connectivity index (χ4n) is 1.78. The molecule has 1 aromatic carbocycles. The van der Waals surface area contributed by atoms with Gasteiger partial charge in [0.15, 0.2) is 0 Å². The van der Waals surface area contributed by atoms with Crippen molar-refractivity contribution in [3.63, 3.8) is 0 Å². The van der Waals surface area contributed by atoms with E-state index in [1.54, 1.807) is 6.92 Å². The van der Waals surface area contributed by atoms with Gasteiger partial charge in [0.25, 0.3) is 0 Å². The number of ether oxygens (including phenoxy) is 1. The van der Waals surface area contributed by atoms with Crippen LogP contribution in [-0.2, 0) is 14.8 Å². The minimum absolute atomic E-state index is 0.110.